The van der Waals surface area contributed by atoms with Gasteiger partial charge in [0, 0.05) is 40.2 Å². The zero-order valence-corrected chi connectivity index (χ0v) is 25.6. The molecule has 0 amide bonds. The van der Waals surface area contributed by atoms with E-state index in [4.69, 9.17) is 4.98 Å². The Bertz CT molecular complexity index is 2550. The third-order valence-electron chi connectivity index (χ3n) is 9.05. The number of hydrogen-bond acceptors (Lipinski definition) is 2. The Hall–Kier alpha value is -6.32. The molecule has 220 valence electrons. The molecule has 0 spiro atoms. The minimum atomic E-state index is 0.937. The van der Waals surface area contributed by atoms with E-state index in [1.54, 1.807) is 0 Å². The van der Waals surface area contributed by atoms with Gasteiger partial charge >= 0.3 is 0 Å². The van der Waals surface area contributed by atoms with Crippen LogP contribution in [0.3, 0.4) is 0 Å². The van der Waals surface area contributed by atoms with E-state index in [1.807, 2.05) is 24.5 Å². The summed E-state index contributed by atoms with van der Waals surface area (Å²) >= 11 is 0. The third-order valence-corrected chi connectivity index (χ3v) is 9.05. The van der Waals surface area contributed by atoms with E-state index in [0.717, 1.165) is 28.2 Å². The van der Waals surface area contributed by atoms with Crippen molar-refractivity contribution < 1.29 is 0 Å². The van der Waals surface area contributed by atoms with Gasteiger partial charge in [0.1, 0.15) is 0 Å². The number of rotatable bonds is 5. The summed E-state index contributed by atoms with van der Waals surface area (Å²) in [5.74, 6) is 0. The van der Waals surface area contributed by atoms with Crippen molar-refractivity contribution in [3.63, 3.8) is 0 Å². The smallest absolute Gasteiger partial charge is 0.0710 e. The monoisotopic (exact) mass is 599 g/mol. The first kappa shape index (κ1) is 27.0. The standard InChI is InChI=1S/C44H29N3/c1-3-11-32(12-4-1)43-39-28-37-26-36(41-17-9-16-40(46-41)31-22-24-45-25-23-31)19-18-35(37)29-42(39)47(44(43)33-13-5-2-6-14-33)38-21-20-30-10-7-8-15-34(30)27-38/h1-29H. The zero-order chi connectivity index (χ0) is 31.2. The fourth-order valence-corrected chi connectivity index (χ4v) is 6.82. The lowest BCUT2D eigenvalue weighted by atomic mass is 9.96. The molecule has 0 saturated carbocycles. The van der Waals surface area contributed by atoms with E-state index in [0.29, 0.717) is 0 Å². The molecule has 6 aromatic carbocycles. The Morgan fingerprint density at radius 1 is 0.404 bits per heavy atom. The molecule has 0 aliphatic rings. The van der Waals surface area contributed by atoms with Gasteiger partial charge in [-0.2, -0.15) is 0 Å². The van der Waals surface area contributed by atoms with Gasteiger partial charge in [-0.1, -0.05) is 109 Å². The molecule has 0 aliphatic heterocycles. The van der Waals surface area contributed by atoms with Gasteiger partial charge in [-0.15, -0.1) is 0 Å². The molecular formula is C44H29N3. The summed E-state index contributed by atoms with van der Waals surface area (Å²) in [6, 6.07) is 58.6. The molecule has 47 heavy (non-hydrogen) atoms. The van der Waals surface area contributed by atoms with Crippen LogP contribution in [-0.4, -0.2) is 14.5 Å². The Morgan fingerprint density at radius 3 is 1.85 bits per heavy atom. The maximum Gasteiger partial charge on any atom is 0.0710 e. The van der Waals surface area contributed by atoms with Gasteiger partial charge in [-0.3, -0.25) is 4.98 Å². The van der Waals surface area contributed by atoms with E-state index in [2.05, 4.69) is 161 Å². The lowest BCUT2D eigenvalue weighted by molar-refractivity contribution is 1.14. The molecule has 3 aromatic heterocycles. The normalized spacial score (nSPS) is 11.4. The maximum atomic E-state index is 5.04. The van der Waals surface area contributed by atoms with Gasteiger partial charge in [-0.25, -0.2) is 4.98 Å². The average molecular weight is 600 g/mol. The summed E-state index contributed by atoms with van der Waals surface area (Å²) in [6.07, 6.45) is 3.62. The molecule has 9 rings (SSSR count). The van der Waals surface area contributed by atoms with Crippen molar-refractivity contribution in [3.8, 4) is 50.6 Å². The first-order valence-corrected chi connectivity index (χ1v) is 15.9. The highest BCUT2D eigenvalue weighted by Crippen LogP contribution is 2.44. The van der Waals surface area contributed by atoms with E-state index in [9.17, 15) is 0 Å². The van der Waals surface area contributed by atoms with E-state index in [-0.39, 0.29) is 0 Å². The average Bonchev–Trinajstić information content (AvgIpc) is 3.48. The number of aromatic nitrogens is 3. The van der Waals surface area contributed by atoms with Crippen LogP contribution in [0.1, 0.15) is 0 Å². The van der Waals surface area contributed by atoms with Crippen molar-refractivity contribution in [1.29, 1.82) is 0 Å². The number of fused-ring (bicyclic) bond motifs is 3. The van der Waals surface area contributed by atoms with Crippen LogP contribution in [-0.2, 0) is 0 Å². The van der Waals surface area contributed by atoms with E-state index >= 15 is 0 Å². The molecule has 0 radical (unpaired) electrons. The molecule has 0 atom stereocenters. The summed E-state index contributed by atoms with van der Waals surface area (Å²) < 4.78 is 2.45. The number of nitrogens with zero attached hydrogens (tertiary/aromatic N) is 3. The molecule has 0 bridgehead atoms. The Labute approximate surface area is 273 Å². The highest BCUT2D eigenvalue weighted by Gasteiger charge is 2.22. The number of benzene rings is 6. The largest absolute Gasteiger partial charge is 0.309 e. The van der Waals surface area contributed by atoms with Crippen molar-refractivity contribution in [1.82, 2.24) is 14.5 Å². The van der Waals surface area contributed by atoms with Gasteiger partial charge in [0.15, 0.2) is 0 Å². The van der Waals surface area contributed by atoms with Crippen molar-refractivity contribution in [3.05, 3.63) is 176 Å². The van der Waals surface area contributed by atoms with Crippen LogP contribution in [0, 0.1) is 0 Å². The van der Waals surface area contributed by atoms with Crippen LogP contribution in [0.4, 0.5) is 0 Å². The van der Waals surface area contributed by atoms with Crippen LogP contribution >= 0.6 is 0 Å². The summed E-state index contributed by atoms with van der Waals surface area (Å²) in [6.45, 7) is 0. The molecule has 0 N–H and O–H groups in total. The topological polar surface area (TPSA) is 30.7 Å². The second-order valence-corrected chi connectivity index (χ2v) is 11.9. The number of hydrogen-bond donors (Lipinski definition) is 0. The molecule has 0 aliphatic carbocycles. The molecule has 0 saturated heterocycles. The molecule has 3 nitrogen and oxygen atoms in total. The molecule has 9 aromatic rings. The summed E-state index contributed by atoms with van der Waals surface area (Å²) in [5, 5.41) is 6.03. The van der Waals surface area contributed by atoms with Crippen molar-refractivity contribution in [2.75, 3.05) is 0 Å². The molecule has 3 heteroatoms. The quantitative estimate of drug-likeness (QED) is 0.197. The SMILES string of the molecule is c1ccc(-c2c(-c3ccccc3)n(-c3ccc4ccccc4c3)c3cc4ccc(-c5cccc(-c6ccncc6)n5)cc4cc23)cc1. The second kappa shape index (κ2) is 11.2. The molecule has 0 unspecified atom stereocenters. The minimum absolute atomic E-state index is 0.937. The van der Waals surface area contributed by atoms with Crippen LogP contribution in [0.25, 0.3) is 83.0 Å². The maximum absolute atomic E-state index is 5.04. The molecular weight excluding hydrogens is 571 g/mol. The fraction of sp³-hybridized carbons (Fsp3) is 0. The predicted octanol–water partition coefficient (Wildman–Crippen LogP) is 11.4. The van der Waals surface area contributed by atoms with Gasteiger partial charge in [0.2, 0.25) is 0 Å². The lowest BCUT2D eigenvalue weighted by Gasteiger charge is -2.14. The van der Waals surface area contributed by atoms with Gasteiger partial charge in [-0.05, 0) is 87.3 Å². The summed E-state index contributed by atoms with van der Waals surface area (Å²) in [5.41, 5.74) is 11.1. The highest BCUT2D eigenvalue weighted by molar-refractivity contribution is 6.11. The lowest BCUT2D eigenvalue weighted by Crippen LogP contribution is -1.98. The Balaban J connectivity index is 1.32. The number of pyridine rings is 2. The molecule has 3 heterocycles. The van der Waals surface area contributed by atoms with Crippen LogP contribution in [0.2, 0.25) is 0 Å². The minimum Gasteiger partial charge on any atom is -0.309 e. The van der Waals surface area contributed by atoms with Crippen molar-refractivity contribution in [2.24, 2.45) is 0 Å². The fourth-order valence-electron chi connectivity index (χ4n) is 6.82. The van der Waals surface area contributed by atoms with Crippen LogP contribution in [0.15, 0.2) is 176 Å². The Morgan fingerprint density at radius 2 is 1.06 bits per heavy atom. The van der Waals surface area contributed by atoms with E-state index in [1.165, 1.54) is 54.8 Å². The van der Waals surface area contributed by atoms with Crippen LogP contribution < -0.4 is 0 Å². The summed E-state index contributed by atoms with van der Waals surface area (Å²) in [7, 11) is 0. The van der Waals surface area contributed by atoms with Gasteiger partial charge in [0.25, 0.3) is 0 Å². The third kappa shape index (κ3) is 4.77. The first-order valence-electron chi connectivity index (χ1n) is 15.9. The summed E-state index contributed by atoms with van der Waals surface area (Å²) in [4.78, 5) is 9.21. The Kier molecular flexibility index (Phi) is 6.46. The van der Waals surface area contributed by atoms with Crippen molar-refractivity contribution in [2.45, 2.75) is 0 Å². The zero-order valence-electron chi connectivity index (χ0n) is 25.6. The van der Waals surface area contributed by atoms with Gasteiger partial charge in [0.05, 0.1) is 22.6 Å². The van der Waals surface area contributed by atoms with Crippen LogP contribution in [0.5, 0.6) is 0 Å². The second-order valence-electron chi connectivity index (χ2n) is 11.9. The molecule has 0 fully saturated rings. The predicted molar refractivity (Wildman–Crippen MR) is 196 cm³/mol. The van der Waals surface area contributed by atoms with Crippen molar-refractivity contribution >= 4 is 32.4 Å². The first-order chi connectivity index (χ1) is 23.3. The van der Waals surface area contributed by atoms with E-state index < -0.39 is 0 Å². The highest BCUT2D eigenvalue weighted by atomic mass is 15.0. The van der Waals surface area contributed by atoms with Gasteiger partial charge < -0.3 is 4.57 Å².